The van der Waals surface area contributed by atoms with Crippen molar-refractivity contribution in [2.75, 3.05) is 26.2 Å². The van der Waals surface area contributed by atoms with Crippen molar-refractivity contribution in [2.24, 2.45) is 22.9 Å². The van der Waals surface area contributed by atoms with Gasteiger partial charge in [0, 0.05) is 43.5 Å². The summed E-state index contributed by atoms with van der Waals surface area (Å²) >= 11 is 0. The van der Waals surface area contributed by atoms with Crippen molar-refractivity contribution < 1.29 is 65.8 Å². The first-order valence-corrected chi connectivity index (χ1v) is 4.68. The molecular weight excluding hydrogens is 434 g/mol. The fraction of sp³-hybridized carbons (Fsp3) is 0.500. The quantitative estimate of drug-likeness (QED) is 0.290. The molecule has 131 valence electrons. The summed E-state index contributed by atoms with van der Waals surface area (Å²) in [7, 11) is 0. The summed E-state index contributed by atoms with van der Waals surface area (Å²) in [5, 5.41) is 36.5. The van der Waals surface area contributed by atoms with E-state index in [0.717, 1.165) is 0 Å². The molecule has 0 heterocycles. The third-order valence-electron chi connectivity index (χ3n) is 0.667. The average molecular weight is 451 g/mol. The van der Waals surface area contributed by atoms with Crippen molar-refractivity contribution in [1.82, 2.24) is 0 Å². The molecular formula is C8H17AlClN4O8Zr. The average Bonchev–Trinajstić information content (AvgIpc) is 2.40. The van der Waals surface area contributed by atoms with Gasteiger partial charge in [-0.3, -0.25) is 0 Å². The maximum absolute atomic E-state index is 9.13. The number of aliphatic carboxylic acids is 4. The molecule has 8 N–H and O–H groups in total. The van der Waals surface area contributed by atoms with Gasteiger partial charge < -0.3 is 62.5 Å². The van der Waals surface area contributed by atoms with Crippen LogP contribution >= 0.6 is 12.4 Å². The number of hydrogen-bond acceptors (Lipinski definition) is 12. The Bertz CT molecular complexity index is 245. The summed E-state index contributed by atoms with van der Waals surface area (Å²) in [6, 6.07) is 0. The van der Waals surface area contributed by atoms with Gasteiger partial charge in [-0.15, -0.1) is 12.4 Å². The molecule has 0 aliphatic heterocycles. The molecule has 0 fully saturated rings. The summed E-state index contributed by atoms with van der Waals surface area (Å²) in [5.74, 6) is -4.87. The molecule has 0 aliphatic rings. The van der Waals surface area contributed by atoms with E-state index in [4.69, 9.17) is 39.6 Å². The van der Waals surface area contributed by atoms with Crippen molar-refractivity contribution in [1.29, 1.82) is 0 Å². The Morgan fingerprint density at radius 3 is 0.609 bits per heavy atom. The molecule has 3 radical (unpaired) electrons. The second kappa shape index (κ2) is 37.6. The van der Waals surface area contributed by atoms with Crippen LogP contribution in [-0.4, -0.2) is 67.4 Å². The number of rotatable bonds is 4. The zero-order chi connectivity index (χ0) is 17.1. The van der Waals surface area contributed by atoms with Crippen molar-refractivity contribution in [3.8, 4) is 0 Å². The Kier molecular flexibility index (Phi) is 70.7. The standard InChI is InChI=1S/4C2H5NO2.Al.ClH.Zr/c4*3-1-2(4)5;;;/h4*1,3H2,(H,4,5);;1H;/q;;;;;;+4/p-4. The first-order chi connectivity index (χ1) is 9.08. The van der Waals surface area contributed by atoms with Crippen LogP contribution in [0.1, 0.15) is 0 Å². The number of carboxylic acids is 4. The number of carbonyl (C=O) groups is 4. The Balaban J connectivity index is -0.0000000284. The minimum Gasteiger partial charge on any atom is -0.549 e. The van der Waals surface area contributed by atoms with Crippen LogP contribution in [0.2, 0.25) is 0 Å². The van der Waals surface area contributed by atoms with E-state index in [-0.39, 0.29) is 82.2 Å². The van der Waals surface area contributed by atoms with Gasteiger partial charge in [-0.25, -0.2) is 0 Å². The second-order valence-corrected chi connectivity index (χ2v) is 2.30. The molecule has 0 amide bonds. The Morgan fingerprint density at radius 2 is 0.609 bits per heavy atom. The van der Waals surface area contributed by atoms with Crippen LogP contribution in [0.15, 0.2) is 0 Å². The Hall–Kier alpha value is -0.574. The van der Waals surface area contributed by atoms with E-state index in [9.17, 15) is 0 Å². The number of nitrogens with two attached hydrogens (primary N) is 4. The largest absolute Gasteiger partial charge is 4.00 e. The minimum absolute atomic E-state index is 0. The zero-order valence-corrected chi connectivity index (χ0v) is 16.3. The number of hydrogen-bond donors (Lipinski definition) is 4. The van der Waals surface area contributed by atoms with E-state index < -0.39 is 23.9 Å². The molecule has 12 nitrogen and oxygen atoms in total. The third kappa shape index (κ3) is 147. The molecule has 15 heteroatoms. The third-order valence-corrected chi connectivity index (χ3v) is 0.667. The summed E-state index contributed by atoms with van der Waals surface area (Å²) < 4.78 is 0. The van der Waals surface area contributed by atoms with E-state index in [2.05, 4.69) is 22.9 Å². The van der Waals surface area contributed by atoms with Crippen LogP contribution < -0.4 is 43.4 Å². The molecule has 0 aliphatic carbocycles. The Morgan fingerprint density at radius 1 is 0.565 bits per heavy atom. The van der Waals surface area contributed by atoms with Gasteiger partial charge in [0.2, 0.25) is 0 Å². The van der Waals surface area contributed by atoms with E-state index >= 15 is 0 Å². The van der Waals surface area contributed by atoms with Gasteiger partial charge in [0.1, 0.15) is 0 Å². The molecule has 0 saturated carbocycles. The molecule has 0 aromatic rings. The molecule has 0 atom stereocenters. The van der Waals surface area contributed by atoms with Crippen molar-refractivity contribution in [2.45, 2.75) is 0 Å². The van der Waals surface area contributed by atoms with E-state index in [1.807, 2.05) is 0 Å². The molecule has 0 saturated heterocycles. The number of carboxylic acid groups (broad SMARTS) is 4. The summed E-state index contributed by atoms with van der Waals surface area (Å²) in [5.41, 5.74) is 18.0. The normalized spacial score (nSPS) is 6.43. The number of halogens is 1. The summed E-state index contributed by atoms with van der Waals surface area (Å²) in [4.78, 5) is 36.5. The molecule has 0 aromatic carbocycles. The Labute approximate surface area is 168 Å². The SMILES string of the molecule is Cl.NCC(=O)[O-].NCC(=O)[O-].NCC(=O)[O-].NCC(=O)[O-].[Al].[Zr+4]. The van der Waals surface area contributed by atoms with Crippen LogP contribution in [0, 0.1) is 0 Å². The predicted octanol–water partition coefficient (Wildman–Crippen LogP) is -9.18. The molecule has 0 rings (SSSR count). The van der Waals surface area contributed by atoms with Gasteiger partial charge >= 0.3 is 26.2 Å². The van der Waals surface area contributed by atoms with Crippen LogP contribution in [0.3, 0.4) is 0 Å². The van der Waals surface area contributed by atoms with Gasteiger partial charge in [-0.05, 0) is 0 Å². The van der Waals surface area contributed by atoms with Crippen LogP contribution in [0.25, 0.3) is 0 Å². The van der Waals surface area contributed by atoms with E-state index in [0.29, 0.717) is 0 Å². The molecule has 0 spiro atoms. The maximum Gasteiger partial charge on any atom is 4.00 e. The van der Waals surface area contributed by atoms with E-state index in [1.54, 1.807) is 0 Å². The maximum atomic E-state index is 9.13. The number of carbonyl (C=O) groups excluding carboxylic acids is 4. The van der Waals surface area contributed by atoms with Crippen molar-refractivity contribution in [3.05, 3.63) is 0 Å². The van der Waals surface area contributed by atoms with Crippen molar-refractivity contribution >= 4 is 53.6 Å². The minimum atomic E-state index is -1.22. The topological polar surface area (TPSA) is 265 Å². The van der Waals surface area contributed by atoms with E-state index in [1.165, 1.54) is 0 Å². The second-order valence-electron chi connectivity index (χ2n) is 2.30. The van der Waals surface area contributed by atoms with Gasteiger partial charge in [0.05, 0.1) is 23.9 Å². The molecule has 0 unspecified atom stereocenters. The predicted molar refractivity (Wildman–Crippen MR) is 69.2 cm³/mol. The first kappa shape index (κ1) is 43.3. The fourth-order valence-electron chi connectivity index (χ4n) is 0. The van der Waals surface area contributed by atoms with Gasteiger partial charge in [0.15, 0.2) is 0 Å². The van der Waals surface area contributed by atoms with Crippen LogP contribution in [0.5, 0.6) is 0 Å². The molecule has 23 heavy (non-hydrogen) atoms. The van der Waals surface area contributed by atoms with Crippen molar-refractivity contribution in [3.63, 3.8) is 0 Å². The van der Waals surface area contributed by atoms with Crippen LogP contribution in [0.4, 0.5) is 0 Å². The summed E-state index contributed by atoms with van der Waals surface area (Å²) in [6.07, 6.45) is 0. The monoisotopic (exact) mass is 449 g/mol. The summed E-state index contributed by atoms with van der Waals surface area (Å²) in [6.45, 7) is -1.56. The molecule has 0 bridgehead atoms. The first-order valence-electron chi connectivity index (χ1n) is 4.68. The smallest absolute Gasteiger partial charge is 0.549 e. The van der Waals surface area contributed by atoms with Gasteiger partial charge in [0.25, 0.3) is 0 Å². The van der Waals surface area contributed by atoms with Crippen LogP contribution in [-0.2, 0) is 45.4 Å². The fourth-order valence-corrected chi connectivity index (χ4v) is 0. The van der Waals surface area contributed by atoms with Gasteiger partial charge in [-0.1, -0.05) is 0 Å². The van der Waals surface area contributed by atoms with Gasteiger partial charge in [-0.2, -0.15) is 0 Å². The molecule has 0 aromatic heterocycles. The zero-order valence-electron chi connectivity index (χ0n) is 11.9.